The summed E-state index contributed by atoms with van der Waals surface area (Å²) in [4.78, 5) is 17.3. The molecule has 0 bridgehead atoms. The van der Waals surface area contributed by atoms with E-state index in [1.807, 2.05) is 17.0 Å². The summed E-state index contributed by atoms with van der Waals surface area (Å²) in [5.74, 6) is 2.07. The lowest BCUT2D eigenvalue weighted by Crippen LogP contribution is -2.72. The van der Waals surface area contributed by atoms with Crippen LogP contribution in [0.4, 0.5) is 5.69 Å². The fraction of sp³-hybridized carbons (Fsp3) is 0.679. The summed E-state index contributed by atoms with van der Waals surface area (Å²) in [5.41, 5.74) is 1.54. The van der Waals surface area contributed by atoms with E-state index < -0.39 is 0 Å². The minimum Gasteiger partial charge on any atom is -0.393 e. The van der Waals surface area contributed by atoms with Gasteiger partial charge in [0, 0.05) is 39.1 Å². The number of nitriles is 1. The standard InChI is InChI=1S/C28H37ClN6O2/c29-24-13-22(6-5-20(24)15-30)35-25(19-3-1-2-4-19)14-26(32-35)34-17-28(18-34)10-7-21(16-31-28)27(37)33-11-8-23(36)9-12-33/h5-6,13,19,21,23,25,31,36H,1-4,7-12,14,16-18H2. The number of nitrogens with zero attached hydrogens (tertiary/aromatic N) is 5. The smallest absolute Gasteiger partial charge is 0.226 e. The van der Waals surface area contributed by atoms with Crippen LogP contribution in [-0.2, 0) is 4.79 Å². The zero-order chi connectivity index (χ0) is 25.6. The number of aliphatic hydroxyl groups excluding tert-OH is 1. The molecule has 3 saturated heterocycles. The number of anilines is 1. The first-order valence-corrected chi connectivity index (χ1v) is 14.4. The number of carbonyl (C=O) groups excluding carboxylic acids is 1. The number of likely N-dealkylation sites (tertiary alicyclic amines) is 2. The van der Waals surface area contributed by atoms with Gasteiger partial charge in [-0.1, -0.05) is 24.4 Å². The van der Waals surface area contributed by atoms with E-state index in [0.29, 0.717) is 48.5 Å². The molecule has 1 aliphatic carbocycles. The topological polar surface area (TPSA) is 95.2 Å². The number of benzene rings is 1. The second-order valence-corrected chi connectivity index (χ2v) is 12.2. The predicted octanol–water partition coefficient (Wildman–Crippen LogP) is 3.33. The van der Waals surface area contributed by atoms with Gasteiger partial charge in [0.25, 0.3) is 0 Å². The molecule has 1 aromatic carbocycles. The molecule has 1 saturated carbocycles. The number of hydrogen-bond acceptors (Lipinski definition) is 7. The van der Waals surface area contributed by atoms with Crippen molar-refractivity contribution in [3.63, 3.8) is 0 Å². The van der Waals surface area contributed by atoms with Crippen molar-refractivity contribution >= 4 is 29.0 Å². The fourth-order valence-corrected chi connectivity index (χ4v) is 7.29. The van der Waals surface area contributed by atoms with Crippen LogP contribution in [0.25, 0.3) is 0 Å². The number of halogens is 1. The van der Waals surface area contributed by atoms with Gasteiger partial charge in [-0.05, 0) is 62.6 Å². The van der Waals surface area contributed by atoms with Crippen LogP contribution in [0.5, 0.6) is 0 Å². The molecular formula is C28H37ClN6O2. The van der Waals surface area contributed by atoms with Crippen LogP contribution in [0, 0.1) is 23.2 Å². The highest BCUT2D eigenvalue weighted by Crippen LogP contribution is 2.41. The van der Waals surface area contributed by atoms with Crippen molar-refractivity contribution in [1.82, 2.24) is 15.1 Å². The molecule has 4 aliphatic heterocycles. The molecule has 2 N–H and O–H groups in total. The lowest BCUT2D eigenvalue weighted by Gasteiger charge is -2.54. The van der Waals surface area contributed by atoms with E-state index in [4.69, 9.17) is 16.7 Å². The second-order valence-electron chi connectivity index (χ2n) is 11.8. The maximum Gasteiger partial charge on any atom is 0.226 e. The van der Waals surface area contributed by atoms with Gasteiger partial charge < -0.3 is 20.2 Å². The summed E-state index contributed by atoms with van der Waals surface area (Å²) in [6.45, 7) is 3.96. The highest BCUT2D eigenvalue weighted by atomic mass is 35.5. The molecule has 1 amide bonds. The summed E-state index contributed by atoms with van der Waals surface area (Å²) in [5, 5.41) is 30.5. The van der Waals surface area contributed by atoms with Crippen LogP contribution >= 0.6 is 11.6 Å². The molecule has 0 aromatic heterocycles. The number of hydrogen-bond donors (Lipinski definition) is 2. The van der Waals surface area contributed by atoms with Crippen LogP contribution in [0.2, 0.25) is 5.02 Å². The highest BCUT2D eigenvalue weighted by Gasteiger charge is 2.49. The Morgan fingerprint density at radius 1 is 1.16 bits per heavy atom. The number of carbonyl (C=O) groups is 1. The first kappa shape index (κ1) is 25.0. The minimum atomic E-state index is -0.255. The Morgan fingerprint density at radius 3 is 2.57 bits per heavy atom. The van der Waals surface area contributed by atoms with Crippen molar-refractivity contribution < 1.29 is 9.90 Å². The zero-order valence-electron chi connectivity index (χ0n) is 21.4. The second kappa shape index (κ2) is 10.1. The quantitative estimate of drug-likeness (QED) is 0.630. The van der Waals surface area contributed by atoms with Crippen LogP contribution in [0.1, 0.15) is 63.4 Å². The van der Waals surface area contributed by atoms with Gasteiger partial charge in [0.05, 0.1) is 39.9 Å². The zero-order valence-corrected chi connectivity index (χ0v) is 22.2. The van der Waals surface area contributed by atoms with E-state index in [9.17, 15) is 15.2 Å². The summed E-state index contributed by atoms with van der Waals surface area (Å²) < 4.78 is 0. The SMILES string of the molecule is N#Cc1ccc(N2N=C(N3CC4(CCC(C(=O)N5CCC(O)CC5)CN4)C3)CC2C2CCCC2)cc1Cl. The summed E-state index contributed by atoms with van der Waals surface area (Å²) in [6, 6.07) is 8.14. The van der Waals surface area contributed by atoms with E-state index in [0.717, 1.165) is 50.4 Å². The third-order valence-corrected chi connectivity index (χ3v) is 9.70. The van der Waals surface area contributed by atoms with E-state index in [2.05, 4.69) is 21.3 Å². The van der Waals surface area contributed by atoms with Crippen molar-refractivity contribution in [2.24, 2.45) is 16.9 Å². The molecule has 0 radical (unpaired) electrons. The van der Waals surface area contributed by atoms with Crippen LogP contribution in [-0.4, -0.2) is 77.1 Å². The Balaban J connectivity index is 1.09. The van der Waals surface area contributed by atoms with Gasteiger partial charge in [0.1, 0.15) is 11.9 Å². The number of amides is 1. The maximum absolute atomic E-state index is 13.0. The Labute approximate surface area is 224 Å². The first-order valence-electron chi connectivity index (χ1n) is 14.0. The number of amidine groups is 1. The maximum atomic E-state index is 13.0. The van der Waals surface area contributed by atoms with Gasteiger partial charge in [-0.3, -0.25) is 9.80 Å². The largest absolute Gasteiger partial charge is 0.393 e. The third kappa shape index (κ3) is 4.82. The van der Waals surface area contributed by atoms with E-state index in [1.54, 1.807) is 6.07 Å². The van der Waals surface area contributed by atoms with Crippen LogP contribution < -0.4 is 10.3 Å². The third-order valence-electron chi connectivity index (χ3n) is 9.38. The van der Waals surface area contributed by atoms with Crippen molar-refractivity contribution in [3.8, 4) is 6.07 Å². The van der Waals surface area contributed by atoms with E-state index >= 15 is 0 Å². The molecule has 9 heteroatoms. The van der Waals surface area contributed by atoms with Gasteiger partial charge in [-0.25, -0.2) is 0 Å². The predicted molar refractivity (Wildman–Crippen MR) is 143 cm³/mol. The molecule has 2 atom stereocenters. The molecule has 5 aliphatic rings. The molecule has 6 rings (SSSR count). The first-order chi connectivity index (χ1) is 17.9. The summed E-state index contributed by atoms with van der Waals surface area (Å²) in [7, 11) is 0. The highest BCUT2D eigenvalue weighted by molar-refractivity contribution is 6.32. The normalized spacial score (nSPS) is 28.4. The average molecular weight is 525 g/mol. The average Bonchev–Trinajstić information content (AvgIpc) is 3.58. The number of nitrogens with one attached hydrogen (secondary N) is 1. The van der Waals surface area contributed by atoms with Gasteiger partial charge in [0.2, 0.25) is 5.91 Å². The Bertz CT molecular complexity index is 1090. The molecular weight excluding hydrogens is 488 g/mol. The van der Waals surface area contributed by atoms with Crippen molar-refractivity contribution in [2.75, 3.05) is 37.7 Å². The van der Waals surface area contributed by atoms with E-state index in [-0.39, 0.29) is 23.5 Å². The molecule has 4 fully saturated rings. The molecule has 8 nitrogen and oxygen atoms in total. The lowest BCUT2D eigenvalue weighted by molar-refractivity contribution is -0.139. The van der Waals surface area contributed by atoms with Crippen LogP contribution in [0.3, 0.4) is 0 Å². The molecule has 4 heterocycles. The van der Waals surface area contributed by atoms with Crippen molar-refractivity contribution in [2.45, 2.75) is 75.5 Å². The molecule has 2 unspecified atom stereocenters. The van der Waals surface area contributed by atoms with Gasteiger partial charge >= 0.3 is 0 Å². The van der Waals surface area contributed by atoms with Gasteiger partial charge in [-0.15, -0.1) is 0 Å². The number of hydrazone groups is 1. The fourth-order valence-electron chi connectivity index (χ4n) is 7.07. The molecule has 1 aromatic rings. The van der Waals surface area contributed by atoms with Crippen LogP contribution in [0.15, 0.2) is 23.3 Å². The van der Waals surface area contributed by atoms with Crippen molar-refractivity contribution in [1.29, 1.82) is 5.26 Å². The van der Waals surface area contributed by atoms with Gasteiger partial charge in [-0.2, -0.15) is 10.4 Å². The lowest BCUT2D eigenvalue weighted by atomic mass is 9.78. The number of aliphatic hydroxyl groups is 1. The Hall–Kier alpha value is -2.34. The van der Waals surface area contributed by atoms with E-state index in [1.165, 1.54) is 25.7 Å². The molecule has 1 spiro atoms. The molecule has 198 valence electrons. The Kier molecular flexibility index (Phi) is 6.81. The monoisotopic (exact) mass is 524 g/mol. The molecule has 37 heavy (non-hydrogen) atoms. The number of piperidine rings is 2. The summed E-state index contributed by atoms with van der Waals surface area (Å²) >= 11 is 6.39. The van der Waals surface area contributed by atoms with Gasteiger partial charge in [0.15, 0.2) is 0 Å². The van der Waals surface area contributed by atoms with Crippen molar-refractivity contribution in [3.05, 3.63) is 28.8 Å². The summed E-state index contributed by atoms with van der Waals surface area (Å²) in [6.07, 6.45) is 9.06. The Morgan fingerprint density at radius 2 is 1.92 bits per heavy atom. The number of rotatable bonds is 3. The minimum absolute atomic E-state index is 0.0436.